The molecule has 0 radical (unpaired) electrons. The molecule has 0 unspecified atom stereocenters. The van der Waals surface area contributed by atoms with Crippen LogP contribution in [0.4, 0.5) is 24.9 Å². The van der Waals surface area contributed by atoms with Gasteiger partial charge in [0.1, 0.15) is 5.82 Å². The molecule has 1 rings (SSSR count). The number of nitrogen functional groups attached to an aromatic ring is 1. The van der Waals surface area contributed by atoms with E-state index in [4.69, 9.17) is 5.73 Å². The van der Waals surface area contributed by atoms with E-state index in [2.05, 4.69) is 15.3 Å². The largest absolute Gasteiger partial charge is 0.433 e. The van der Waals surface area contributed by atoms with Crippen molar-refractivity contribution in [1.82, 2.24) is 14.9 Å². The molecule has 18 heavy (non-hydrogen) atoms. The molecular weight excluding hydrogens is 247 g/mol. The second kappa shape index (κ2) is 5.85. The Labute approximate surface area is 103 Å². The second-order valence-corrected chi connectivity index (χ2v) is 4.08. The zero-order valence-electron chi connectivity index (χ0n) is 10.3. The lowest BCUT2D eigenvalue weighted by atomic mass is 10.3. The van der Waals surface area contributed by atoms with Gasteiger partial charge in [-0.2, -0.15) is 18.2 Å². The van der Waals surface area contributed by atoms with Gasteiger partial charge >= 0.3 is 6.18 Å². The van der Waals surface area contributed by atoms with Gasteiger partial charge in [-0.05, 0) is 27.1 Å². The molecule has 5 nitrogen and oxygen atoms in total. The monoisotopic (exact) mass is 263 g/mol. The van der Waals surface area contributed by atoms with Crippen LogP contribution in [0, 0.1) is 0 Å². The number of alkyl halides is 3. The summed E-state index contributed by atoms with van der Waals surface area (Å²) in [5.74, 6) is -0.298. The number of hydrogen-bond donors (Lipinski definition) is 2. The molecule has 8 heteroatoms. The molecule has 0 saturated carbocycles. The molecular formula is C10H16F3N5. The normalized spacial score (nSPS) is 11.9. The fraction of sp³-hybridized carbons (Fsp3) is 0.600. The minimum atomic E-state index is -4.52. The van der Waals surface area contributed by atoms with Gasteiger partial charge in [0.2, 0.25) is 5.95 Å². The van der Waals surface area contributed by atoms with Crippen LogP contribution in [0.2, 0.25) is 0 Å². The van der Waals surface area contributed by atoms with Crippen molar-refractivity contribution in [2.24, 2.45) is 0 Å². The van der Waals surface area contributed by atoms with Crippen LogP contribution in [0.5, 0.6) is 0 Å². The summed E-state index contributed by atoms with van der Waals surface area (Å²) in [6.45, 7) is 1.35. The molecule has 1 aromatic rings. The molecule has 0 aliphatic rings. The van der Waals surface area contributed by atoms with E-state index in [1.165, 1.54) is 0 Å². The Morgan fingerprint density at radius 3 is 2.56 bits per heavy atom. The zero-order valence-corrected chi connectivity index (χ0v) is 10.3. The van der Waals surface area contributed by atoms with Gasteiger partial charge in [-0.1, -0.05) is 0 Å². The minimum Gasteiger partial charge on any atom is -0.370 e. The molecule has 0 aliphatic heterocycles. The van der Waals surface area contributed by atoms with Crippen LogP contribution in [0.3, 0.4) is 0 Å². The first kappa shape index (κ1) is 14.5. The topological polar surface area (TPSA) is 67.1 Å². The van der Waals surface area contributed by atoms with Crippen LogP contribution in [-0.2, 0) is 6.18 Å². The number of hydrogen-bond acceptors (Lipinski definition) is 5. The minimum absolute atomic E-state index is 0.0913. The highest BCUT2D eigenvalue weighted by atomic mass is 19.4. The van der Waals surface area contributed by atoms with Crippen molar-refractivity contribution < 1.29 is 13.2 Å². The predicted octanol–water partition coefficient (Wildman–Crippen LogP) is 1.44. The number of nitrogens with two attached hydrogens (primary N) is 1. The molecule has 1 aromatic heterocycles. The average molecular weight is 263 g/mol. The fourth-order valence-corrected chi connectivity index (χ4v) is 1.31. The summed E-state index contributed by atoms with van der Waals surface area (Å²) in [4.78, 5) is 8.84. The van der Waals surface area contributed by atoms with E-state index in [1.54, 1.807) is 0 Å². The van der Waals surface area contributed by atoms with E-state index in [0.29, 0.717) is 6.54 Å². The van der Waals surface area contributed by atoms with E-state index in [1.807, 2.05) is 19.0 Å². The first-order chi connectivity index (χ1) is 8.29. The average Bonchev–Trinajstić information content (AvgIpc) is 2.22. The summed E-state index contributed by atoms with van der Waals surface area (Å²) in [5.41, 5.74) is 4.20. The van der Waals surface area contributed by atoms with E-state index < -0.39 is 11.9 Å². The zero-order chi connectivity index (χ0) is 13.8. The lowest BCUT2D eigenvalue weighted by molar-refractivity contribution is -0.141. The van der Waals surface area contributed by atoms with Crippen LogP contribution < -0.4 is 11.1 Å². The maximum Gasteiger partial charge on any atom is 0.433 e. The van der Waals surface area contributed by atoms with Crippen molar-refractivity contribution in [3.8, 4) is 0 Å². The van der Waals surface area contributed by atoms with Crippen LogP contribution in [0.15, 0.2) is 6.07 Å². The third-order valence-electron chi connectivity index (χ3n) is 2.12. The number of rotatable bonds is 5. The van der Waals surface area contributed by atoms with Crippen molar-refractivity contribution in [3.63, 3.8) is 0 Å². The van der Waals surface area contributed by atoms with E-state index in [0.717, 1.165) is 19.0 Å². The molecule has 0 spiro atoms. The Morgan fingerprint density at radius 2 is 2.00 bits per heavy atom. The van der Waals surface area contributed by atoms with Gasteiger partial charge in [0, 0.05) is 12.6 Å². The Morgan fingerprint density at radius 1 is 1.33 bits per heavy atom. The molecule has 102 valence electrons. The number of nitrogens with zero attached hydrogens (tertiary/aromatic N) is 3. The SMILES string of the molecule is CN(C)CCCNc1cc(C(F)(F)F)nc(N)n1. The highest BCUT2D eigenvalue weighted by Gasteiger charge is 2.33. The standard InChI is InChI=1S/C10H16F3N5/c1-18(2)5-3-4-15-8-6-7(10(11,12)13)16-9(14)17-8/h6H,3-5H2,1-2H3,(H3,14,15,16,17). The molecule has 1 heterocycles. The van der Waals surface area contributed by atoms with Gasteiger partial charge in [-0.25, -0.2) is 4.98 Å². The third-order valence-corrected chi connectivity index (χ3v) is 2.12. The summed E-state index contributed by atoms with van der Waals surface area (Å²) in [6, 6.07) is 0.853. The number of aromatic nitrogens is 2. The number of nitrogens with one attached hydrogen (secondary N) is 1. The highest BCUT2D eigenvalue weighted by molar-refractivity contribution is 5.41. The van der Waals surface area contributed by atoms with Crippen molar-refractivity contribution in [1.29, 1.82) is 0 Å². The van der Waals surface area contributed by atoms with Crippen LogP contribution in [-0.4, -0.2) is 42.1 Å². The van der Waals surface area contributed by atoms with Crippen LogP contribution >= 0.6 is 0 Å². The summed E-state index contributed by atoms with van der Waals surface area (Å²) in [6.07, 6.45) is -3.73. The van der Waals surface area contributed by atoms with E-state index in [-0.39, 0.29) is 11.8 Å². The van der Waals surface area contributed by atoms with Gasteiger partial charge < -0.3 is 16.0 Å². The molecule has 0 aromatic carbocycles. The maximum absolute atomic E-state index is 12.5. The first-order valence-electron chi connectivity index (χ1n) is 5.39. The second-order valence-electron chi connectivity index (χ2n) is 4.08. The first-order valence-corrected chi connectivity index (χ1v) is 5.39. The highest BCUT2D eigenvalue weighted by Crippen LogP contribution is 2.29. The smallest absolute Gasteiger partial charge is 0.370 e. The van der Waals surface area contributed by atoms with Crippen molar-refractivity contribution in [2.75, 3.05) is 38.2 Å². The Bertz CT molecular complexity index is 392. The molecule has 3 N–H and O–H groups in total. The Balaban J connectivity index is 2.63. The van der Waals surface area contributed by atoms with E-state index >= 15 is 0 Å². The molecule has 0 atom stereocenters. The van der Waals surface area contributed by atoms with Gasteiger partial charge in [0.15, 0.2) is 5.69 Å². The number of anilines is 2. The van der Waals surface area contributed by atoms with Gasteiger partial charge in [-0.15, -0.1) is 0 Å². The van der Waals surface area contributed by atoms with Gasteiger partial charge in [0.05, 0.1) is 0 Å². The quantitative estimate of drug-likeness (QED) is 0.787. The predicted molar refractivity (Wildman–Crippen MR) is 63.1 cm³/mol. The van der Waals surface area contributed by atoms with Gasteiger partial charge in [-0.3, -0.25) is 0 Å². The molecule has 0 aliphatic carbocycles. The summed E-state index contributed by atoms with van der Waals surface area (Å²) >= 11 is 0. The van der Waals surface area contributed by atoms with Crippen molar-refractivity contribution in [2.45, 2.75) is 12.6 Å². The summed E-state index contributed by atoms with van der Waals surface area (Å²) < 4.78 is 37.4. The molecule has 0 fully saturated rings. The fourth-order valence-electron chi connectivity index (χ4n) is 1.31. The van der Waals surface area contributed by atoms with Crippen molar-refractivity contribution in [3.05, 3.63) is 11.8 Å². The lowest BCUT2D eigenvalue weighted by Crippen LogP contribution is -2.17. The van der Waals surface area contributed by atoms with E-state index in [9.17, 15) is 13.2 Å². The molecule has 0 amide bonds. The lowest BCUT2D eigenvalue weighted by Gasteiger charge is -2.12. The Kier molecular flexibility index (Phi) is 4.71. The van der Waals surface area contributed by atoms with Gasteiger partial charge in [0.25, 0.3) is 0 Å². The summed E-state index contributed by atoms with van der Waals surface area (Å²) in [7, 11) is 3.84. The molecule has 0 bridgehead atoms. The Hall–Kier alpha value is -1.57. The maximum atomic E-state index is 12.5. The molecule has 0 saturated heterocycles. The van der Waals surface area contributed by atoms with Crippen LogP contribution in [0.1, 0.15) is 12.1 Å². The number of halogens is 3. The summed E-state index contributed by atoms with van der Waals surface area (Å²) in [5, 5.41) is 2.80. The van der Waals surface area contributed by atoms with Crippen LogP contribution in [0.25, 0.3) is 0 Å². The van der Waals surface area contributed by atoms with Crippen molar-refractivity contribution >= 4 is 11.8 Å². The third kappa shape index (κ3) is 4.74.